The standard InChI is InChI=1S/C27H41N3/c1-18(2)24-14-22(15-26-29-25-12-8-9-19(3)27(25)30-26)20(4)13-23(24)17-28-16-21-10-6-5-7-11-21/h8-9,12-13,18,21-24,28H,5-7,10-11,14-17H2,1-4H3,(H,29,30). The number of H-pyrrole nitrogens is 1. The molecule has 2 N–H and O–H groups in total. The summed E-state index contributed by atoms with van der Waals surface area (Å²) >= 11 is 0. The Hall–Kier alpha value is -1.61. The number of hydrogen-bond acceptors (Lipinski definition) is 2. The monoisotopic (exact) mass is 407 g/mol. The van der Waals surface area contributed by atoms with E-state index in [4.69, 9.17) is 4.98 Å². The summed E-state index contributed by atoms with van der Waals surface area (Å²) < 4.78 is 0. The van der Waals surface area contributed by atoms with Gasteiger partial charge in [0.1, 0.15) is 5.82 Å². The number of aromatic nitrogens is 2. The Morgan fingerprint density at radius 3 is 2.63 bits per heavy atom. The second-order valence-electron chi connectivity index (χ2n) is 10.4. The first-order valence-corrected chi connectivity index (χ1v) is 12.3. The van der Waals surface area contributed by atoms with Crippen molar-refractivity contribution in [2.75, 3.05) is 13.1 Å². The van der Waals surface area contributed by atoms with Crippen molar-refractivity contribution in [1.82, 2.24) is 15.3 Å². The molecule has 0 spiro atoms. The number of aryl methyl sites for hydroxylation is 1. The fraction of sp³-hybridized carbons (Fsp3) is 0.667. The number of imidazole rings is 1. The normalized spacial score (nSPS) is 25.8. The van der Waals surface area contributed by atoms with Crippen LogP contribution in [0.5, 0.6) is 0 Å². The average molecular weight is 408 g/mol. The summed E-state index contributed by atoms with van der Waals surface area (Å²) in [7, 11) is 0. The molecule has 1 aromatic heterocycles. The van der Waals surface area contributed by atoms with E-state index in [0.29, 0.717) is 11.8 Å². The maximum atomic E-state index is 4.94. The van der Waals surface area contributed by atoms with Crippen LogP contribution in [0.4, 0.5) is 0 Å². The molecule has 30 heavy (non-hydrogen) atoms. The van der Waals surface area contributed by atoms with Gasteiger partial charge in [-0.15, -0.1) is 0 Å². The molecule has 1 heterocycles. The van der Waals surface area contributed by atoms with Gasteiger partial charge >= 0.3 is 0 Å². The van der Waals surface area contributed by atoms with E-state index in [-0.39, 0.29) is 0 Å². The molecule has 3 unspecified atom stereocenters. The minimum absolute atomic E-state index is 0.605. The van der Waals surface area contributed by atoms with Gasteiger partial charge in [0, 0.05) is 13.0 Å². The number of aromatic amines is 1. The smallest absolute Gasteiger partial charge is 0.107 e. The number of nitrogens with one attached hydrogen (secondary N) is 2. The zero-order valence-corrected chi connectivity index (χ0v) is 19.5. The molecule has 0 bridgehead atoms. The summed E-state index contributed by atoms with van der Waals surface area (Å²) in [6, 6.07) is 6.41. The van der Waals surface area contributed by atoms with Crippen molar-refractivity contribution in [3.63, 3.8) is 0 Å². The van der Waals surface area contributed by atoms with Gasteiger partial charge in [-0.3, -0.25) is 0 Å². The largest absolute Gasteiger partial charge is 0.342 e. The third-order valence-corrected chi connectivity index (χ3v) is 7.82. The van der Waals surface area contributed by atoms with Crippen LogP contribution in [-0.4, -0.2) is 23.1 Å². The van der Waals surface area contributed by atoms with E-state index >= 15 is 0 Å². The van der Waals surface area contributed by atoms with Crippen LogP contribution in [-0.2, 0) is 6.42 Å². The minimum atomic E-state index is 0.605. The van der Waals surface area contributed by atoms with E-state index < -0.39 is 0 Å². The average Bonchev–Trinajstić information content (AvgIpc) is 3.14. The summed E-state index contributed by atoms with van der Waals surface area (Å²) in [5.41, 5.74) is 5.13. The number of fused-ring (bicyclic) bond motifs is 1. The molecule has 0 saturated heterocycles. The predicted molar refractivity (Wildman–Crippen MR) is 128 cm³/mol. The van der Waals surface area contributed by atoms with Crippen LogP contribution in [0.1, 0.15) is 70.7 Å². The van der Waals surface area contributed by atoms with Gasteiger partial charge in [0.25, 0.3) is 0 Å². The van der Waals surface area contributed by atoms with E-state index in [1.807, 2.05) is 0 Å². The lowest BCUT2D eigenvalue weighted by Gasteiger charge is -2.37. The van der Waals surface area contributed by atoms with Crippen molar-refractivity contribution >= 4 is 11.0 Å². The van der Waals surface area contributed by atoms with Gasteiger partial charge < -0.3 is 10.3 Å². The zero-order chi connectivity index (χ0) is 21.1. The van der Waals surface area contributed by atoms with Gasteiger partial charge in [0.05, 0.1) is 11.0 Å². The molecule has 3 atom stereocenters. The van der Waals surface area contributed by atoms with E-state index in [1.165, 1.54) is 56.1 Å². The molecule has 164 valence electrons. The number of rotatable bonds is 7. The van der Waals surface area contributed by atoms with Gasteiger partial charge in [0.2, 0.25) is 0 Å². The molecule has 1 fully saturated rings. The molecule has 3 heteroatoms. The molecule has 2 aromatic rings. The third kappa shape index (κ3) is 4.99. The Bertz CT molecular complexity index is 856. The first-order valence-electron chi connectivity index (χ1n) is 12.3. The number of allylic oxidation sites excluding steroid dienone is 1. The fourth-order valence-corrected chi connectivity index (χ4v) is 5.91. The van der Waals surface area contributed by atoms with Gasteiger partial charge in [-0.2, -0.15) is 0 Å². The van der Waals surface area contributed by atoms with Gasteiger partial charge in [-0.1, -0.05) is 56.9 Å². The number of benzene rings is 1. The molecule has 0 radical (unpaired) electrons. The van der Waals surface area contributed by atoms with E-state index in [9.17, 15) is 0 Å². The quantitative estimate of drug-likeness (QED) is 0.519. The van der Waals surface area contributed by atoms with Crippen LogP contribution in [0.15, 0.2) is 29.8 Å². The van der Waals surface area contributed by atoms with Crippen LogP contribution < -0.4 is 5.32 Å². The lowest BCUT2D eigenvalue weighted by atomic mass is 9.69. The summed E-state index contributed by atoms with van der Waals surface area (Å²) in [5, 5.41) is 3.86. The summed E-state index contributed by atoms with van der Waals surface area (Å²) in [5.74, 6) is 4.80. The molecule has 0 amide bonds. The van der Waals surface area contributed by atoms with Crippen molar-refractivity contribution in [3.8, 4) is 0 Å². The van der Waals surface area contributed by atoms with Gasteiger partial charge in [0.15, 0.2) is 0 Å². The highest BCUT2D eigenvalue weighted by molar-refractivity contribution is 5.78. The Morgan fingerprint density at radius 2 is 1.90 bits per heavy atom. The topological polar surface area (TPSA) is 40.7 Å². The van der Waals surface area contributed by atoms with Crippen molar-refractivity contribution in [3.05, 3.63) is 41.2 Å². The molecule has 4 rings (SSSR count). The maximum absolute atomic E-state index is 4.94. The number of nitrogens with zero attached hydrogens (tertiary/aromatic N) is 1. The highest BCUT2D eigenvalue weighted by Crippen LogP contribution is 2.38. The van der Waals surface area contributed by atoms with Crippen molar-refractivity contribution in [2.45, 2.75) is 72.6 Å². The highest BCUT2D eigenvalue weighted by Gasteiger charge is 2.32. The number of para-hydroxylation sites is 1. The molecule has 2 aliphatic carbocycles. The van der Waals surface area contributed by atoms with E-state index in [2.05, 4.69) is 62.3 Å². The zero-order valence-electron chi connectivity index (χ0n) is 19.5. The summed E-state index contributed by atoms with van der Waals surface area (Å²) in [4.78, 5) is 8.52. The lowest BCUT2D eigenvalue weighted by Crippen LogP contribution is -2.36. The van der Waals surface area contributed by atoms with Crippen LogP contribution in [0, 0.1) is 36.5 Å². The van der Waals surface area contributed by atoms with Crippen LogP contribution in [0.2, 0.25) is 0 Å². The Morgan fingerprint density at radius 1 is 1.10 bits per heavy atom. The highest BCUT2D eigenvalue weighted by atomic mass is 14.9. The fourth-order valence-electron chi connectivity index (χ4n) is 5.91. The third-order valence-electron chi connectivity index (χ3n) is 7.82. The van der Waals surface area contributed by atoms with Crippen molar-refractivity contribution < 1.29 is 0 Å². The second kappa shape index (κ2) is 9.68. The van der Waals surface area contributed by atoms with E-state index in [0.717, 1.165) is 42.1 Å². The first kappa shape index (κ1) is 21.6. The maximum Gasteiger partial charge on any atom is 0.107 e. The number of hydrogen-bond donors (Lipinski definition) is 2. The molecule has 1 aromatic carbocycles. The summed E-state index contributed by atoms with van der Waals surface area (Å²) in [6.07, 6.45) is 12.1. The predicted octanol–water partition coefficient (Wildman–Crippen LogP) is 6.44. The molecule has 2 aliphatic rings. The Labute approximate surface area is 183 Å². The summed E-state index contributed by atoms with van der Waals surface area (Å²) in [6.45, 7) is 11.7. The Kier molecular flexibility index (Phi) is 6.98. The van der Waals surface area contributed by atoms with Crippen LogP contribution in [0.25, 0.3) is 11.0 Å². The Balaban J connectivity index is 1.41. The van der Waals surface area contributed by atoms with Crippen molar-refractivity contribution in [2.24, 2.45) is 29.6 Å². The minimum Gasteiger partial charge on any atom is -0.342 e. The SMILES string of the molecule is CC1=CC(CNCC2CCCCC2)C(C(C)C)CC1Cc1nc2c(C)cccc2[nH]1. The molecule has 1 saturated carbocycles. The van der Waals surface area contributed by atoms with Gasteiger partial charge in [-0.25, -0.2) is 4.98 Å². The van der Waals surface area contributed by atoms with Crippen LogP contribution in [0.3, 0.4) is 0 Å². The first-order chi connectivity index (χ1) is 14.5. The molecular weight excluding hydrogens is 366 g/mol. The van der Waals surface area contributed by atoms with Crippen LogP contribution >= 0.6 is 0 Å². The van der Waals surface area contributed by atoms with Gasteiger partial charge in [-0.05, 0) is 80.9 Å². The lowest BCUT2D eigenvalue weighted by molar-refractivity contribution is 0.217. The second-order valence-corrected chi connectivity index (χ2v) is 10.4. The molecule has 3 nitrogen and oxygen atoms in total. The molecule has 0 aliphatic heterocycles. The molecular formula is C27H41N3. The van der Waals surface area contributed by atoms with E-state index in [1.54, 1.807) is 5.57 Å². The van der Waals surface area contributed by atoms with Crippen molar-refractivity contribution in [1.29, 1.82) is 0 Å².